The van der Waals surface area contributed by atoms with Gasteiger partial charge in [0.1, 0.15) is 5.78 Å². The van der Waals surface area contributed by atoms with Crippen molar-refractivity contribution in [3.05, 3.63) is 42.1 Å². The number of hydrogen-bond donors (Lipinski definition) is 1. The highest BCUT2D eigenvalue weighted by molar-refractivity contribution is 5.94. The van der Waals surface area contributed by atoms with Crippen molar-refractivity contribution in [1.29, 1.82) is 0 Å². The number of carbonyl (C=O) groups is 2. The van der Waals surface area contributed by atoms with Crippen molar-refractivity contribution in [1.82, 2.24) is 9.88 Å². The zero-order chi connectivity index (χ0) is 21.0. The van der Waals surface area contributed by atoms with Crippen LogP contribution in [0, 0.1) is 11.8 Å². The molecule has 0 bridgehead atoms. The summed E-state index contributed by atoms with van der Waals surface area (Å²) in [4.78, 5) is 31.5. The molecular weight excluding hydrogens is 368 g/mol. The quantitative estimate of drug-likeness (QED) is 0.800. The van der Waals surface area contributed by atoms with Crippen LogP contribution in [0.15, 0.2) is 36.5 Å². The van der Waals surface area contributed by atoms with Gasteiger partial charge in [-0.15, -0.1) is 0 Å². The lowest BCUT2D eigenvalue weighted by Crippen LogP contribution is -2.42. The summed E-state index contributed by atoms with van der Waals surface area (Å²) >= 11 is 0. The zero-order valence-electron chi connectivity index (χ0n) is 17.2. The summed E-state index contributed by atoms with van der Waals surface area (Å²) in [6.45, 7) is 5.24. The van der Waals surface area contributed by atoms with Crippen molar-refractivity contribution in [2.45, 2.75) is 33.1 Å². The number of phenolic OH excluding ortho intramolecular Hbond substituents is 1. The van der Waals surface area contributed by atoms with Gasteiger partial charge in [0.2, 0.25) is 0 Å². The molecule has 3 rings (SSSR count). The number of hydrogen-bond acceptors (Lipinski definition) is 5. The van der Waals surface area contributed by atoms with Gasteiger partial charge in [0.05, 0.1) is 18.4 Å². The lowest BCUT2D eigenvalue weighted by atomic mass is 9.89. The predicted octanol–water partition coefficient (Wildman–Crippen LogP) is 3.93. The van der Waals surface area contributed by atoms with Gasteiger partial charge in [0.25, 0.3) is 5.91 Å². The van der Waals surface area contributed by atoms with Gasteiger partial charge in [-0.05, 0) is 49.1 Å². The molecule has 0 aliphatic carbocycles. The molecule has 1 aromatic carbocycles. The van der Waals surface area contributed by atoms with E-state index in [4.69, 9.17) is 4.74 Å². The normalized spacial score (nSPS) is 16.7. The number of Topliss-reactive ketones (excluding diaryl/α,β-unsaturated/α-hetero) is 1. The maximum atomic E-state index is 12.9. The number of carbonyl (C=O) groups excluding carboxylic acids is 2. The highest BCUT2D eigenvalue weighted by atomic mass is 16.5. The van der Waals surface area contributed by atoms with Gasteiger partial charge in [-0.2, -0.15) is 0 Å². The first kappa shape index (κ1) is 20.8. The fourth-order valence-electron chi connectivity index (χ4n) is 3.70. The van der Waals surface area contributed by atoms with Gasteiger partial charge in [-0.3, -0.25) is 14.6 Å². The molecule has 1 fully saturated rings. The second-order valence-electron chi connectivity index (χ2n) is 7.97. The Morgan fingerprint density at radius 1 is 1.28 bits per heavy atom. The fraction of sp³-hybridized carbons (Fsp3) is 0.435. The van der Waals surface area contributed by atoms with Gasteiger partial charge in [-0.1, -0.05) is 13.8 Å². The Hall–Kier alpha value is -2.89. The second kappa shape index (κ2) is 9.07. The molecule has 6 nitrogen and oxygen atoms in total. The van der Waals surface area contributed by atoms with Gasteiger partial charge >= 0.3 is 0 Å². The molecule has 2 aromatic rings. The smallest absolute Gasteiger partial charge is 0.255 e. The van der Waals surface area contributed by atoms with Gasteiger partial charge in [-0.25, -0.2) is 0 Å². The van der Waals surface area contributed by atoms with Crippen molar-refractivity contribution in [3.8, 4) is 22.8 Å². The summed E-state index contributed by atoms with van der Waals surface area (Å²) in [7, 11) is 1.49. The average Bonchev–Trinajstić information content (AvgIpc) is 2.73. The standard InChI is InChI=1S/C23H28N2O4/c1-15(2)11-21(27)18-5-4-10-25(14-18)23(28)17-6-8-19(24-13-17)16-7-9-20(26)22(12-16)29-3/h6-9,12-13,15,18,26H,4-5,10-11,14H2,1-3H3. The predicted molar refractivity (Wildman–Crippen MR) is 111 cm³/mol. The maximum absolute atomic E-state index is 12.9. The number of likely N-dealkylation sites (tertiary alicyclic amines) is 1. The summed E-state index contributed by atoms with van der Waals surface area (Å²) in [6.07, 6.45) is 3.84. The van der Waals surface area contributed by atoms with E-state index in [1.54, 1.807) is 41.4 Å². The number of nitrogens with zero attached hydrogens (tertiary/aromatic N) is 2. The number of pyridine rings is 1. The first-order valence-corrected chi connectivity index (χ1v) is 10.0. The minimum Gasteiger partial charge on any atom is -0.504 e. The van der Waals surface area contributed by atoms with E-state index in [1.807, 2.05) is 13.8 Å². The van der Waals surface area contributed by atoms with E-state index >= 15 is 0 Å². The Balaban J connectivity index is 1.71. The van der Waals surface area contributed by atoms with Crippen molar-refractivity contribution in [2.24, 2.45) is 11.8 Å². The van der Waals surface area contributed by atoms with E-state index in [2.05, 4.69) is 4.98 Å². The molecule has 2 heterocycles. The van der Waals surface area contributed by atoms with Crippen molar-refractivity contribution >= 4 is 11.7 Å². The van der Waals surface area contributed by atoms with E-state index < -0.39 is 0 Å². The number of amides is 1. The Kier molecular flexibility index (Phi) is 6.52. The Labute approximate surface area is 171 Å². The molecule has 1 atom stereocenters. The van der Waals surface area contributed by atoms with E-state index in [1.165, 1.54) is 7.11 Å². The number of piperidine rings is 1. The molecule has 1 unspecified atom stereocenters. The molecule has 1 amide bonds. The van der Waals surface area contributed by atoms with Crippen LogP contribution in [0.1, 0.15) is 43.5 Å². The number of aromatic nitrogens is 1. The number of ether oxygens (including phenoxy) is 1. The molecule has 0 spiro atoms. The Bertz CT molecular complexity index is 877. The van der Waals surface area contributed by atoms with Gasteiger partial charge in [0, 0.05) is 37.2 Å². The number of rotatable bonds is 6. The second-order valence-corrected chi connectivity index (χ2v) is 7.97. The maximum Gasteiger partial charge on any atom is 0.255 e. The molecule has 154 valence electrons. The third-order valence-electron chi connectivity index (χ3n) is 5.26. The molecule has 1 saturated heterocycles. The first-order chi connectivity index (χ1) is 13.9. The van der Waals surface area contributed by atoms with Crippen LogP contribution in [0.25, 0.3) is 11.3 Å². The summed E-state index contributed by atoms with van der Waals surface area (Å²) < 4.78 is 5.14. The topological polar surface area (TPSA) is 79.7 Å². The summed E-state index contributed by atoms with van der Waals surface area (Å²) in [5.41, 5.74) is 1.98. The molecule has 0 radical (unpaired) electrons. The number of phenols is 1. The van der Waals surface area contributed by atoms with Crippen LogP contribution in [0.2, 0.25) is 0 Å². The summed E-state index contributed by atoms with van der Waals surface area (Å²) in [5, 5.41) is 9.73. The SMILES string of the molecule is COc1cc(-c2ccc(C(=O)N3CCCC(C(=O)CC(C)C)C3)cn2)ccc1O. The Morgan fingerprint density at radius 2 is 2.07 bits per heavy atom. The van der Waals surface area contributed by atoms with Crippen LogP contribution < -0.4 is 4.74 Å². The summed E-state index contributed by atoms with van der Waals surface area (Å²) in [6, 6.07) is 8.54. The van der Waals surface area contributed by atoms with E-state index in [-0.39, 0.29) is 23.4 Å². The lowest BCUT2D eigenvalue weighted by molar-refractivity contribution is -0.124. The minimum absolute atomic E-state index is 0.0632. The molecule has 6 heteroatoms. The third kappa shape index (κ3) is 4.94. The number of aromatic hydroxyl groups is 1. The van der Waals surface area contributed by atoms with Crippen LogP contribution in [0.3, 0.4) is 0 Å². The van der Waals surface area contributed by atoms with E-state index in [0.29, 0.717) is 42.4 Å². The summed E-state index contributed by atoms with van der Waals surface area (Å²) in [5.74, 6) is 0.877. The van der Waals surface area contributed by atoms with E-state index in [9.17, 15) is 14.7 Å². The molecule has 29 heavy (non-hydrogen) atoms. The number of ketones is 1. The van der Waals surface area contributed by atoms with Crippen molar-refractivity contribution in [2.75, 3.05) is 20.2 Å². The number of methoxy groups -OCH3 is 1. The van der Waals surface area contributed by atoms with Crippen LogP contribution in [-0.4, -0.2) is 46.9 Å². The van der Waals surface area contributed by atoms with Crippen molar-refractivity contribution < 1.29 is 19.4 Å². The van der Waals surface area contributed by atoms with Crippen LogP contribution in [0.4, 0.5) is 0 Å². The molecule has 1 aliphatic heterocycles. The first-order valence-electron chi connectivity index (χ1n) is 10.0. The molecule has 1 aromatic heterocycles. The van der Waals surface area contributed by atoms with Crippen LogP contribution >= 0.6 is 0 Å². The molecule has 1 aliphatic rings. The fourth-order valence-corrected chi connectivity index (χ4v) is 3.70. The molecule has 1 N–H and O–H groups in total. The monoisotopic (exact) mass is 396 g/mol. The average molecular weight is 396 g/mol. The largest absolute Gasteiger partial charge is 0.504 e. The lowest BCUT2D eigenvalue weighted by Gasteiger charge is -2.32. The molecule has 0 saturated carbocycles. The highest BCUT2D eigenvalue weighted by Crippen LogP contribution is 2.30. The van der Waals surface area contributed by atoms with Crippen molar-refractivity contribution in [3.63, 3.8) is 0 Å². The van der Waals surface area contributed by atoms with Crippen LogP contribution in [-0.2, 0) is 4.79 Å². The van der Waals surface area contributed by atoms with Gasteiger partial charge < -0.3 is 14.7 Å². The van der Waals surface area contributed by atoms with Gasteiger partial charge in [0.15, 0.2) is 11.5 Å². The Morgan fingerprint density at radius 3 is 2.72 bits per heavy atom. The third-order valence-corrected chi connectivity index (χ3v) is 5.26. The van der Waals surface area contributed by atoms with E-state index in [0.717, 1.165) is 18.4 Å². The molecular formula is C23H28N2O4. The minimum atomic E-state index is -0.0885. The zero-order valence-corrected chi connectivity index (χ0v) is 17.2. The van der Waals surface area contributed by atoms with Crippen LogP contribution in [0.5, 0.6) is 11.5 Å². The highest BCUT2D eigenvalue weighted by Gasteiger charge is 2.29. The number of benzene rings is 1.